The summed E-state index contributed by atoms with van der Waals surface area (Å²) in [4.78, 5) is 24.7. The number of nitrogens with zero attached hydrogens (tertiary/aromatic N) is 3. The molecule has 2 aromatic carbocycles. The largest absolute Gasteiger partial charge is 0.422 e. The van der Waals surface area contributed by atoms with E-state index < -0.39 is 21.7 Å². The number of carbonyl (C=O) groups excluding carboxylic acids is 2. The standard InChI is InChI=1S/C21H15BrN4O5S2/c1-12-3-6-14(7-4-12)19(28)31-17-8-5-13(10-16(17)22)9-15(11-23)18(27)24-20-25-26-21(32-20)33(2,29)30/h3-10H,1-2H3,(H,24,25,27)/b15-9-. The second-order valence-electron chi connectivity index (χ2n) is 6.71. The van der Waals surface area contributed by atoms with E-state index in [4.69, 9.17) is 4.74 Å². The highest BCUT2D eigenvalue weighted by atomic mass is 79.9. The van der Waals surface area contributed by atoms with Crippen molar-refractivity contribution in [2.45, 2.75) is 11.3 Å². The van der Waals surface area contributed by atoms with Gasteiger partial charge in [0.05, 0.1) is 10.0 Å². The Bertz CT molecular complexity index is 1410. The van der Waals surface area contributed by atoms with Crippen LogP contribution in [0.25, 0.3) is 6.08 Å². The third-order valence-electron chi connectivity index (χ3n) is 4.07. The monoisotopic (exact) mass is 546 g/mol. The van der Waals surface area contributed by atoms with Crippen molar-refractivity contribution in [2.24, 2.45) is 0 Å². The normalized spacial score (nSPS) is 11.5. The van der Waals surface area contributed by atoms with E-state index in [0.717, 1.165) is 11.8 Å². The minimum Gasteiger partial charge on any atom is -0.422 e. The van der Waals surface area contributed by atoms with Crippen molar-refractivity contribution in [1.29, 1.82) is 5.26 Å². The number of rotatable bonds is 6. The van der Waals surface area contributed by atoms with Crippen LogP contribution in [0, 0.1) is 18.3 Å². The van der Waals surface area contributed by atoms with Crippen LogP contribution in [0.4, 0.5) is 5.13 Å². The zero-order valence-corrected chi connectivity index (χ0v) is 20.4. The van der Waals surface area contributed by atoms with E-state index in [1.807, 2.05) is 6.92 Å². The highest BCUT2D eigenvalue weighted by Crippen LogP contribution is 2.28. The van der Waals surface area contributed by atoms with Crippen molar-refractivity contribution in [2.75, 3.05) is 11.6 Å². The topological polar surface area (TPSA) is 139 Å². The summed E-state index contributed by atoms with van der Waals surface area (Å²) in [5.41, 5.74) is 1.65. The molecule has 9 nitrogen and oxygen atoms in total. The molecule has 0 saturated heterocycles. The summed E-state index contributed by atoms with van der Waals surface area (Å²) in [6, 6.07) is 13.4. The van der Waals surface area contributed by atoms with Crippen molar-refractivity contribution in [3.63, 3.8) is 0 Å². The number of aryl methyl sites for hydroxylation is 1. The quantitative estimate of drug-likeness (QED) is 0.162. The summed E-state index contributed by atoms with van der Waals surface area (Å²) in [6.07, 6.45) is 2.30. The first-order chi connectivity index (χ1) is 15.6. The predicted molar refractivity (Wildman–Crippen MR) is 126 cm³/mol. The highest BCUT2D eigenvalue weighted by Gasteiger charge is 2.18. The van der Waals surface area contributed by atoms with E-state index in [2.05, 4.69) is 31.4 Å². The molecule has 168 valence electrons. The molecule has 0 bridgehead atoms. The van der Waals surface area contributed by atoms with E-state index in [9.17, 15) is 23.3 Å². The molecule has 0 aliphatic rings. The van der Waals surface area contributed by atoms with Gasteiger partial charge in [0.1, 0.15) is 17.4 Å². The van der Waals surface area contributed by atoms with Gasteiger partial charge in [-0.1, -0.05) is 35.1 Å². The molecule has 0 aliphatic heterocycles. The van der Waals surface area contributed by atoms with Gasteiger partial charge in [-0.3, -0.25) is 10.1 Å². The number of benzene rings is 2. The van der Waals surface area contributed by atoms with Crippen LogP contribution >= 0.6 is 27.3 Å². The molecule has 0 saturated carbocycles. The average molecular weight is 547 g/mol. The molecule has 0 spiro atoms. The Balaban J connectivity index is 1.74. The number of anilines is 1. The number of esters is 1. The molecule has 0 fully saturated rings. The van der Waals surface area contributed by atoms with Crippen molar-refractivity contribution >= 4 is 60.2 Å². The second kappa shape index (κ2) is 10.0. The maximum atomic E-state index is 12.4. The SMILES string of the molecule is Cc1ccc(C(=O)Oc2ccc(/C=C(/C#N)C(=O)Nc3nnc(S(C)(=O)=O)s3)cc2Br)cc1. The van der Waals surface area contributed by atoms with Gasteiger partial charge in [-0.05, 0) is 58.8 Å². The molecule has 1 amide bonds. The van der Waals surface area contributed by atoms with Crippen molar-refractivity contribution in [3.05, 3.63) is 69.2 Å². The number of amides is 1. The minimum absolute atomic E-state index is 0.0545. The number of ether oxygens (including phenoxy) is 1. The van der Waals surface area contributed by atoms with Gasteiger partial charge in [-0.25, -0.2) is 13.2 Å². The third-order valence-corrected chi connectivity index (χ3v) is 7.19. The van der Waals surface area contributed by atoms with Gasteiger partial charge in [0.25, 0.3) is 5.91 Å². The predicted octanol–water partition coefficient (Wildman–Crippen LogP) is 3.78. The van der Waals surface area contributed by atoms with Crippen LogP contribution in [0.3, 0.4) is 0 Å². The molecular weight excluding hydrogens is 532 g/mol. The number of nitriles is 1. The molecule has 3 aromatic rings. The number of carbonyl (C=O) groups is 2. The number of halogens is 1. The van der Waals surface area contributed by atoms with E-state index in [-0.39, 0.29) is 20.8 Å². The molecule has 1 heterocycles. The number of aromatic nitrogens is 2. The molecule has 0 aliphatic carbocycles. The Morgan fingerprint density at radius 3 is 2.45 bits per heavy atom. The Hall–Kier alpha value is -3.40. The van der Waals surface area contributed by atoms with E-state index >= 15 is 0 Å². The van der Waals surface area contributed by atoms with Crippen LogP contribution in [0.1, 0.15) is 21.5 Å². The zero-order chi connectivity index (χ0) is 24.2. The van der Waals surface area contributed by atoms with Gasteiger partial charge < -0.3 is 4.74 Å². The maximum absolute atomic E-state index is 12.4. The average Bonchev–Trinajstić information content (AvgIpc) is 3.23. The molecule has 1 N–H and O–H groups in total. The van der Waals surface area contributed by atoms with Crippen LogP contribution in [-0.2, 0) is 14.6 Å². The van der Waals surface area contributed by atoms with Gasteiger partial charge in [-0.15, -0.1) is 10.2 Å². The lowest BCUT2D eigenvalue weighted by Gasteiger charge is -2.08. The summed E-state index contributed by atoms with van der Waals surface area (Å²) in [6.45, 7) is 1.91. The highest BCUT2D eigenvalue weighted by molar-refractivity contribution is 9.10. The Kier molecular flexibility index (Phi) is 7.37. The van der Waals surface area contributed by atoms with Crippen LogP contribution in [-0.4, -0.2) is 36.7 Å². The van der Waals surface area contributed by atoms with Gasteiger partial charge in [0.2, 0.25) is 19.3 Å². The van der Waals surface area contributed by atoms with Crippen LogP contribution in [0.5, 0.6) is 5.75 Å². The van der Waals surface area contributed by atoms with Crippen molar-refractivity contribution in [3.8, 4) is 11.8 Å². The summed E-state index contributed by atoms with van der Waals surface area (Å²) >= 11 is 4.00. The lowest BCUT2D eigenvalue weighted by Crippen LogP contribution is -2.13. The lowest BCUT2D eigenvalue weighted by molar-refractivity contribution is -0.112. The van der Waals surface area contributed by atoms with E-state index in [1.165, 1.54) is 12.1 Å². The van der Waals surface area contributed by atoms with E-state index in [1.54, 1.807) is 42.5 Å². The number of sulfone groups is 1. The molecule has 0 atom stereocenters. The first kappa shape index (κ1) is 24.2. The molecule has 33 heavy (non-hydrogen) atoms. The fraction of sp³-hybridized carbons (Fsp3) is 0.0952. The van der Waals surface area contributed by atoms with Crippen LogP contribution in [0.2, 0.25) is 0 Å². The van der Waals surface area contributed by atoms with Gasteiger partial charge >= 0.3 is 5.97 Å². The fourth-order valence-electron chi connectivity index (χ4n) is 2.43. The van der Waals surface area contributed by atoms with Crippen molar-refractivity contribution < 1.29 is 22.7 Å². The lowest BCUT2D eigenvalue weighted by atomic mass is 10.1. The smallest absolute Gasteiger partial charge is 0.343 e. The van der Waals surface area contributed by atoms with Gasteiger partial charge in [0.15, 0.2) is 0 Å². The molecular formula is C21H15BrN4O5S2. The van der Waals surface area contributed by atoms with E-state index in [0.29, 0.717) is 26.9 Å². The second-order valence-corrected chi connectivity index (χ2v) is 10.7. The summed E-state index contributed by atoms with van der Waals surface area (Å²) < 4.78 is 28.5. The number of nitrogens with one attached hydrogen (secondary N) is 1. The first-order valence-corrected chi connectivity index (χ1v) is 12.6. The first-order valence-electron chi connectivity index (χ1n) is 9.12. The summed E-state index contributed by atoms with van der Waals surface area (Å²) in [7, 11) is -3.56. The fourth-order valence-corrected chi connectivity index (χ4v) is 4.41. The molecule has 0 unspecified atom stereocenters. The Morgan fingerprint density at radius 1 is 1.18 bits per heavy atom. The molecule has 12 heteroatoms. The Morgan fingerprint density at radius 2 is 1.88 bits per heavy atom. The maximum Gasteiger partial charge on any atom is 0.343 e. The summed E-state index contributed by atoms with van der Waals surface area (Å²) in [5.74, 6) is -1.04. The Labute approximate surface area is 201 Å². The third kappa shape index (κ3) is 6.32. The van der Waals surface area contributed by atoms with Crippen LogP contribution < -0.4 is 10.1 Å². The summed E-state index contributed by atoms with van der Waals surface area (Å²) in [5, 5.41) is 18.8. The number of hydrogen-bond donors (Lipinski definition) is 1. The zero-order valence-electron chi connectivity index (χ0n) is 17.2. The van der Waals surface area contributed by atoms with Gasteiger partial charge in [0, 0.05) is 6.26 Å². The minimum atomic E-state index is -3.56. The molecule has 3 rings (SSSR count). The van der Waals surface area contributed by atoms with Crippen molar-refractivity contribution in [1.82, 2.24) is 10.2 Å². The molecule has 1 aromatic heterocycles. The molecule has 0 radical (unpaired) electrons. The van der Waals surface area contributed by atoms with Gasteiger partial charge in [-0.2, -0.15) is 5.26 Å². The van der Waals surface area contributed by atoms with Crippen LogP contribution in [0.15, 0.2) is 56.9 Å². The number of hydrogen-bond acceptors (Lipinski definition) is 9.